The van der Waals surface area contributed by atoms with E-state index in [-0.39, 0.29) is 37.3 Å². The highest BCUT2D eigenvalue weighted by atomic mass is 19.1. The Hall–Kier alpha value is -4.13. The molecule has 2 amide bonds. The molecule has 1 aliphatic heterocycles. The summed E-state index contributed by atoms with van der Waals surface area (Å²) in [6.07, 6.45) is 0. The van der Waals surface area contributed by atoms with Crippen molar-refractivity contribution in [2.24, 2.45) is 0 Å². The van der Waals surface area contributed by atoms with Crippen molar-refractivity contribution >= 4 is 22.7 Å². The summed E-state index contributed by atoms with van der Waals surface area (Å²) in [5.74, 6) is -0.278. The lowest BCUT2D eigenvalue weighted by Crippen LogP contribution is -2.63. The van der Waals surface area contributed by atoms with Gasteiger partial charge in [-0.2, -0.15) is 0 Å². The summed E-state index contributed by atoms with van der Waals surface area (Å²) in [4.78, 5) is 29.1. The minimum absolute atomic E-state index is 0.108. The van der Waals surface area contributed by atoms with Gasteiger partial charge in [0.15, 0.2) is 0 Å². The molecule has 0 radical (unpaired) electrons. The standard InChI is InChI=1S/C28H26FN3O3/c1-28(27(34)30-16-21-10-4-6-13-25(21)35-2)18-31-23-12-5-3-9-20(23)15-24(31)26(33)32(28)17-19-8-7-11-22(29)14-19/h3-15H,16-18H2,1-2H3,(H,30,34)/t28-/m1/s1. The number of methoxy groups -OCH3 is 1. The largest absolute Gasteiger partial charge is 0.496 e. The minimum atomic E-state index is -1.21. The summed E-state index contributed by atoms with van der Waals surface area (Å²) in [6, 6.07) is 23.2. The Morgan fingerprint density at radius 1 is 1.06 bits per heavy atom. The monoisotopic (exact) mass is 471 g/mol. The number of benzene rings is 3. The van der Waals surface area contributed by atoms with E-state index in [4.69, 9.17) is 4.74 Å². The molecule has 6 nitrogen and oxygen atoms in total. The second-order valence-electron chi connectivity index (χ2n) is 8.96. The highest BCUT2D eigenvalue weighted by Crippen LogP contribution is 2.33. The third kappa shape index (κ3) is 4.03. The van der Waals surface area contributed by atoms with Crippen LogP contribution in [0.15, 0.2) is 78.9 Å². The maximum atomic E-state index is 13.9. The number of hydrogen-bond acceptors (Lipinski definition) is 3. The van der Waals surface area contributed by atoms with Crippen LogP contribution in [0.1, 0.15) is 28.5 Å². The molecule has 7 heteroatoms. The molecule has 35 heavy (non-hydrogen) atoms. The maximum Gasteiger partial charge on any atom is 0.271 e. The van der Waals surface area contributed by atoms with Gasteiger partial charge in [0, 0.05) is 29.6 Å². The van der Waals surface area contributed by atoms with Gasteiger partial charge in [-0.3, -0.25) is 9.59 Å². The number of carbonyl (C=O) groups is 2. The molecule has 1 N–H and O–H groups in total. The van der Waals surface area contributed by atoms with Crippen LogP contribution < -0.4 is 10.1 Å². The zero-order valence-corrected chi connectivity index (χ0v) is 19.6. The van der Waals surface area contributed by atoms with Gasteiger partial charge in [-0.05, 0) is 42.8 Å². The van der Waals surface area contributed by atoms with E-state index in [0.29, 0.717) is 17.0 Å². The molecule has 0 spiro atoms. The molecule has 178 valence electrons. The van der Waals surface area contributed by atoms with Crippen molar-refractivity contribution < 1.29 is 18.7 Å². The second kappa shape index (κ2) is 8.91. The molecule has 1 aliphatic rings. The first kappa shape index (κ1) is 22.7. The number of rotatable bonds is 6. The third-order valence-corrected chi connectivity index (χ3v) is 6.69. The number of aromatic nitrogens is 1. The lowest BCUT2D eigenvalue weighted by atomic mass is 9.93. The number of para-hydroxylation sites is 2. The summed E-state index contributed by atoms with van der Waals surface area (Å²) >= 11 is 0. The summed E-state index contributed by atoms with van der Waals surface area (Å²) in [5.41, 5.74) is 1.65. The number of ether oxygens (including phenoxy) is 1. The number of amides is 2. The van der Waals surface area contributed by atoms with Gasteiger partial charge in [0.05, 0.1) is 13.7 Å². The highest BCUT2D eigenvalue weighted by Gasteiger charge is 2.47. The van der Waals surface area contributed by atoms with Crippen molar-refractivity contribution in [3.8, 4) is 5.75 Å². The fourth-order valence-electron chi connectivity index (χ4n) is 4.79. The highest BCUT2D eigenvalue weighted by molar-refractivity contribution is 6.03. The van der Waals surface area contributed by atoms with Crippen LogP contribution in [0.3, 0.4) is 0 Å². The van der Waals surface area contributed by atoms with E-state index in [0.717, 1.165) is 16.5 Å². The van der Waals surface area contributed by atoms with Crippen molar-refractivity contribution in [2.45, 2.75) is 32.1 Å². The van der Waals surface area contributed by atoms with E-state index in [1.807, 2.05) is 59.2 Å². The lowest BCUT2D eigenvalue weighted by Gasteiger charge is -2.44. The van der Waals surface area contributed by atoms with Gasteiger partial charge in [0.1, 0.15) is 22.8 Å². The van der Waals surface area contributed by atoms with Crippen molar-refractivity contribution in [1.82, 2.24) is 14.8 Å². The van der Waals surface area contributed by atoms with Gasteiger partial charge < -0.3 is 19.5 Å². The van der Waals surface area contributed by atoms with Crippen molar-refractivity contribution in [2.75, 3.05) is 7.11 Å². The molecule has 0 aliphatic carbocycles. The van der Waals surface area contributed by atoms with E-state index in [1.54, 1.807) is 31.1 Å². The fourth-order valence-corrected chi connectivity index (χ4v) is 4.79. The number of nitrogens with zero attached hydrogens (tertiary/aromatic N) is 2. The maximum absolute atomic E-state index is 13.9. The summed E-state index contributed by atoms with van der Waals surface area (Å²) in [6.45, 7) is 2.39. The number of hydrogen-bond donors (Lipinski definition) is 1. The number of nitrogens with one attached hydrogen (secondary N) is 1. The molecule has 1 aromatic heterocycles. The van der Waals surface area contributed by atoms with Gasteiger partial charge in [-0.15, -0.1) is 0 Å². The molecule has 2 heterocycles. The minimum Gasteiger partial charge on any atom is -0.496 e. The van der Waals surface area contributed by atoms with Crippen LogP contribution in [0.4, 0.5) is 4.39 Å². The van der Waals surface area contributed by atoms with Gasteiger partial charge in [0.25, 0.3) is 5.91 Å². The fraction of sp³-hybridized carbons (Fsp3) is 0.214. The Morgan fingerprint density at radius 2 is 1.83 bits per heavy atom. The first-order chi connectivity index (χ1) is 16.9. The Labute approximate surface area is 202 Å². The molecule has 3 aromatic carbocycles. The molecular formula is C28H26FN3O3. The van der Waals surface area contributed by atoms with Crippen LogP contribution >= 0.6 is 0 Å². The predicted molar refractivity (Wildman–Crippen MR) is 131 cm³/mol. The second-order valence-corrected chi connectivity index (χ2v) is 8.96. The topological polar surface area (TPSA) is 63.6 Å². The average molecular weight is 472 g/mol. The van der Waals surface area contributed by atoms with Crippen molar-refractivity contribution in [3.05, 3.63) is 102 Å². The van der Waals surface area contributed by atoms with Crippen LogP contribution in [-0.4, -0.2) is 33.9 Å². The molecule has 0 unspecified atom stereocenters. The quantitative estimate of drug-likeness (QED) is 0.450. The van der Waals surface area contributed by atoms with Gasteiger partial charge in [0.2, 0.25) is 5.91 Å². The summed E-state index contributed by atoms with van der Waals surface area (Å²) < 4.78 is 21.2. The third-order valence-electron chi connectivity index (χ3n) is 6.69. The van der Waals surface area contributed by atoms with E-state index < -0.39 is 5.54 Å². The molecule has 0 saturated heterocycles. The molecule has 0 fully saturated rings. The normalized spacial score (nSPS) is 17.3. The zero-order valence-electron chi connectivity index (χ0n) is 19.6. The van der Waals surface area contributed by atoms with Crippen LogP contribution in [0.25, 0.3) is 10.9 Å². The SMILES string of the molecule is COc1ccccc1CNC(=O)[C@@]1(C)Cn2c(cc3ccccc32)C(=O)N1Cc1cccc(F)c1. The Bertz CT molecular complexity index is 1430. The molecule has 5 rings (SSSR count). The number of carbonyl (C=O) groups excluding carboxylic acids is 2. The van der Waals surface area contributed by atoms with Crippen molar-refractivity contribution in [1.29, 1.82) is 0 Å². The zero-order chi connectivity index (χ0) is 24.6. The van der Waals surface area contributed by atoms with Crippen LogP contribution in [0, 0.1) is 5.82 Å². The molecule has 0 bridgehead atoms. The van der Waals surface area contributed by atoms with Crippen molar-refractivity contribution in [3.63, 3.8) is 0 Å². The average Bonchev–Trinajstić information content (AvgIpc) is 3.23. The van der Waals surface area contributed by atoms with Gasteiger partial charge in [-0.1, -0.05) is 48.5 Å². The summed E-state index contributed by atoms with van der Waals surface area (Å²) in [5, 5.41) is 3.93. The number of fused-ring (bicyclic) bond motifs is 3. The molecule has 0 saturated carbocycles. The van der Waals surface area contributed by atoms with Gasteiger partial charge in [-0.25, -0.2) is 4.39 Å². The molecular weight excluding hydrogens is 445 g/mol. The van der Waals surface area contributed by atoms with E-state index in [1.165, 1.54) is 12.1 Å². The Morgan fingerprint density at radius 3 is 2.63 bits per heavy atom. The molecule has 4 aromatic rings. The Kier molecular flexibility index (Phi) is 5.76. The van der Waals surface area contributed by atoms with Gasteiger partial charge >= 0.3 is 0 Å². The predicted octanol–water partition coefficient (Wildman–Crippen LogP) is 4.52. The van der Waals surface area contributed by atoms with E-state index in [9.17, 15) is 14.0 Å². The lowest BCUT2D eigenvalue weighted by molar-refractivity contribution is -0.133. The number of halogens is 1. The van der Waals surface area contributed by atoms with E-state index in [2.05, 4.69) is 5.32 Å². The Balaban J connectivity index is 1.53. The van der Waals surface area contributed by atoms with Crippen LogP contribution in [0.5, 0.6) is 5.75 Å². The summed E-state index contributed by atoms with van der Waals surface area (Å²) in [7, 11) is 1.58. The first-order valence-corrected chi connectivity index (χ1v) is 11.5. The van der Waals surface area contributed by atoms with Crippen LogP contribution in [-0.2, 0) is 24.4 Å². The first-order valence-electron chi connectivity index (χ1n) is 11.5. The molecule has 1 atom stereocenters. The van der Waals surface area contributed by atoms with Crippen LogP contribution in [0.2, 0.25) is 0 Å². The smallest absolute Gasteiger partial charge is 0.271 e. The van der Waals surface area contributed by atoms with E-state index >= 15 is 0 Å².